The Kier molecular flexibility index (Phi) is 11.3. The van der Waals surface area contributed by atoms with Gasteiger partial charge in [-0.25, -0.2) is 0 Å². The molecule has 128 valence electrons. The van der Waals surface area contributed by atoms with E-state index in [0.717, 1.165) is 12.8 Å². The lowest BCUT2D eigenvalue weighted by atomic mass is 9.80. The lowest BCUT2D eigenvalue weighted by Crippen LogP contribution is -2.34. The van der Waals surface area contributed by atoms with E-state index in [1.54, 1.807) is 12.2 Å². The smallest absolute Gasteiger partial charge is 0.309 e. The number of hydrogen-bond donors (Lipinski definition) is 0. The van der Waals surface area contributed by atoms with E-state index in [9.17, 15) is 9.59 Å². The minimum Gasteiger partial charge on any atom is -0.465 e. The normalized spacial score (nSPS) is 10.4. The minimum atomic E-state index is -0.434. The number of carbonyl (C=O) groups is 2. The zero-order valence-electron chi connectivity index (χ0n) is 13.9. The highest BCUT2D eigenvalue weighted by atomic mass is 16.5. The predicted molar refractivity (Wildman–Crippen MR) is 92.8 cm³/mol. The summed E-state index contributed by atoms with van der Waals surface area (Å²) in [6.45, 7) is 14.9. The van der Waals surface area contributed by atoms with Gasteiger partial charge in [-0.05, 0) is 25.7 Å². The van der Waals surface area contributed by atoms with Gasteiger partial charge in [0, 0.05) is 5.41 Å². The van der Waals surface area contributed by atoms with Gasteiger partial charge in [0.2, 0.25) is 0 Å². The molecule has 0 heterocycles. The molecule has 0 unspecified atom stereocenters. The molecular formula is C19H28O4. The zero-order valence-corrected chi connectivity index (χ0v) is 13.9. The number of hydrogen-bond acceptors (Lipinski definition) is 4. The van der Waals surface area contributed by atoms with Crippen LogP contribution in [-0.2, 0) is 19.1 Å². The Balaban J connectivity index is 4.96. The molecule has 0 aliphatic heterocycles. The standard InChI is InChI=1S/C19H28O4/c1-5-9-13-19(14-10-6-2,15-22-17(20)11-7-3)16-23-18(21)12-8-4/h5-8H,1-4,9-16H2. The highest BCUT2D eigenvalue weighted by Gasteiger charge is 2.32. The Morgan fingerprint density at radius 2 is 1.13 bits per heavy atom. The van der Waals surface area contributed by atoms with E-state index in [-0.39, 0.29) is 38.0 Å². The van der Waals surface area contributed by atoms with E-state index >= 15 is 0 Å². The number of allylic oxidation sites excluding steroid dienone is 2. The molecule has 0 aromatic rings. The number of rotatable bonds is 14. The van der Waals surface area contributed by atoms with Crippen molar-refractivity contribution in [1.82, 2.24) is 0 Å². The van der Waals surface area contributed by atoms with Gasteiger partial charge in [-0.2, -0.15) is 0 Å². The summed E-state index contributed by atoms with van der Waals surface area (Å²) in [6, 6.07) is 0. The number of esters is 2. The van der Waals surface area contributed by atoms with Crippen molar-refractivity contribution in [3.8, 4) is 0 Å². The van der Waals surface area contributed by atoms with Crippen LogP contribution in [-0.4, -0.2) is 25.2 Å². The third-order valence-electron chi connectivity index (χ3n) is 3.46. The van der Waals surface area contributed by atoms with E-state index in [0.29, 0.717) is 12.8 Å². The molecule has 0 amide bonds. The Labute approximate surface area is 139 Å². The van der Waals surface area contributed by atoms with Gasteiger partial charge in [0.15, 0.2) is 0 Å². The summed E-state index contributed by atoms with van der Waals surface area (Å²) >= 11 is 0. The van der Waals surface area contributed by atoms with Crippen LogP contribution in [0.1, 0.15) is 38.5 Å². The zero-order chi connectivity index (χ0) is 17.6. The third kappa shape index (κ3) is 9.51. The Morgan fingerprint density at radius 3 is 1.43 bits per heavy atom. The fourth-order valence-corrected chi connectivity index (χ4v) is 2.09. The van der Waals surface area contributed by atoms with E-state index < -0.39 is 5.41 Å². The largest absolute Gasteiger partial charge is 0.465 e. The van der Waals surface area contributed by atoms with Gasteiger partial charge in [0.1, 0.15) is 13.2 Å². The van der Waals surface area contributed by atoms with Crippen LogP contribution in [0.25, 0.3) is 0 Å². The van der Waals surface area contributed by atoms with Crippen molar-refractivity contribution in [1.29, 1.82) is 0 Å². The molecule has 0 radical (unpaired) electrons. The molecule has 0 bridgehead atoms. The van der Waals surface area contributed by atoms with Crippen LogP contribution in [0.4, 0.5) is 0 Å². The average molecular weight is 320 g/mol. The monoisotopic (exact) mass is 320 g/mol. The average Bonchev–Trinajstić information content (AvgIpc) is 2.54. The van der Waals surface area contributed by atoms with Gasteiger partial charge in [-0.3, -0.25) is 9.59 Å². The van der Waals surface area contributed by atoms with Crippen molar-refractivity contribution in [2.45, 2.75) is 38.5 Å². The maximum absolute atomic E-state index is 11.6. The summed E-state index contributed by atoms with van der Waals surface area (Å²) in [5.74, 6) is -0.669. The van der Waals surface area contributed by atoms with Crippen LogP contribution in [0.5, 0.6) is 0 Å². The Bertz CT molecular complexity index is 383. The van der Waals surface area contributed by atoms with Crippen molar-refractivity contribution >= 4 is 11.9 Å². The first-order valence-corrected chi connectivity index (χ1v) is 7.78. The second-order valence-electron chi connectivity index (χ2n) is 5.46. The van der Waals surface area contributed by atoms with E-state index in [4.69, 9.17) is 9.47 Å². The van der Waals surface area contributed by atoms with Gasteiger partial charge in [0.25, 0.3) is 0 Å². The Morgan fingerprint density at radius 1 is 0.739 bits per heavy atom. The lowest BCUT2D eigenvalue weighted by Gasteiger charge is -2.32. The fourth-order valence-electron chi connectivity index (χ4n) is 2.09. The molecule has 0 saturated heterocycles. The molecule has 0 aromatic heterocycles. The molecule has 0 fully saturated rings. The summed E-state index contributed by atoms with van der Waals surface area (Å²) in [7, 11) is 0. The lowest BCUT2D eigenvalue weighted by molar-refractivity contribution is -0.153. The summed E-state index contributed by atoms with van der Waals surface area (Å²) in [5.41, 5.74) is -0.434. The SMILES string of the molecule is C=CCCC(CCC=C)(COC(=O)CC=C)COC(=O)CC=C. The second kappa shape index (κ2) is 12.4. The quantitative estimate of drug-likeness (QED) is 0.356. The van der Waals surface area contributed by atoms with Crippen LogP contribution in [0.3, 0.4) is 0 Å². The van der Waals surface area contributed by atoms with Crippen LogP contribution in [0.2, 0.25) is 0 Å². The van der Waals surface area contributed by atoms with Crippen LogP contribution >= 0.6 is 0 Å². The number of ether oxygens (including phenoxy) is 2. The molecule has 23 heavy (non-hydrogen) atoms. The molecule has 0 spiro atoms. The summed E-state index contributed by atoms with van der Waals surface area (Å²) < 4.78 is 10.7. The summed E-state index contributed by atoms with van der Waals surface area (Å²) in [5, 5.41) is 0. The van der Waals surface area contributed by atoms with E-state index in [1.807, 2.05) is 0 Å². The van der Waals surface area contributed by atoms with Gasteiger partial charge in [0.05, 0.1) is 12.8 Å². The van der Waals surface area contributed by atoms with Crippen molar-refractivity contribution in [3.05, 3.63) is 50.6 Å². The first kappa shape index (κ1) is 20.9. The highest BCUT2D eigenvalue weighted by Crippen LogP contribution is 2.32. The topological polar surface area (TPSA) is 52.6 Å². The molecular weight excluding hydrogens is 292 g/mol. The van der Waals surface area contributed by atoms with Crippen LogP contribution < -0.4 is 0 Å². The molecule has 4 nitrogen and oxygen atoms in total. The van der Waals surface area contributed by atoms with Crippen molar-refractivity contribution in [2.24, 2.45) is 5.41 Å². The predicted octanol–water partition coefficient (Wildman–Crippen LogP) is 4.14. The van der Waals surface area contributed by atoms with Crippen molar-refractivity contribution in [3.63, 3.8) is 0 Å². The van der Waals surface area contributed by atoms with Gasteiger partial charge in [-0.15, -0.1) is 26.3 Å². The molecule has 0 N–H and O–H groups in total. The third-order valence-corrected chi connectivity index (χ3v) is 3.46. The maximum Gasteiger partial charge on any atom is 0.309 e. The molecule has 0 rings (SSSR count). The van der Waals surface area contributed by atoms with E-state index in [1.165, 1.54) is 12.2 Å². The molecule has 0 aliphatic carbocycles. The van der Waals surface area contributed by atoms with Crippen LogP contribution in [0, 0.1) is 5.41 Å². The van der Waals surface area contributed by atoms with Crippen LogP contribution in [0.15, 0.2) is 50.6 Å². The maximum atomic E-state index is 11.6. The van der Waals surface area contributed by atoms with Crippen molar-refractivity contribution in [2.75, 3.05) is 13.2 Å². The molecule has 0 aliphatic rings. The highest BCUT2D eigenvalue weighted by molar-refractivity contribution is 5.71. The second-order valence-corrected chi connectivity index (χ2v) is 5.46. The van der Waals surface area contributed by atoms with Gasteiger partial charge in [-0.1, -0.05) is 24.3 Å². The molecule has 4 heteroatoms. The van der Waals surface area contributed by atoms with Gasteiger partial charge >= 0.3 is 11.9 Å². The summed E-state index contributed by atoms with van der Waals surface area (Å²) in [4.78, 5) is 23.2. The van der Waals surface area contributed by atoms with E-state index in [2.05, 4.69) is 26.3 Å². The Hall–Kier alpha value is -2.10. The number of carbonyl (C=O) groups excluding carboxylic acids is 2. The molecule has 0 atom stereocenters. The fraction of sp³-hybridized carbons (Fsp3) is 0.474. The first-order valence-electron chi connectivity index (χ1n) is 7.78. The first-order chi connectivity index (χ1) is 11.0. The molecule has 0 aromatic carbocycles. The minimum absolute atomic E-state index is 0.162. The summed E-state index contributed by atoms with van der Waals surface area (Å²) in [6.07, 6.45) is 9.86. The van der Waals surface area contributed by atoms with Gasteiger partial charge < -0.3 is 9.47 Å². The van der Waals surface area contributed by atoms with Crippen molar-refractivity contribution < 1.29 is 19.1 Å². The molecule has 0 saturated carbocycles.